The number of ketones is 1. The molecular formula is C14H19N3O3. The molecule has 1 aromatic carbocycles. The number of nitro benzene ring substituents is 1. The molecule has 6 heteroatoms. The Kier molecular flexibility index (Phi) is 4.81. The fourth-order valence-electron chi connectivity index (χ4n) is 2.32. The van der Waals surface area contributed by atoms with Crippen molar-refractivity contribution in [2.24, 2.45) is 0 Å². The third-order valence-corrected chi connectivity index (χ3v) is 3.58. The first-order valence-corrected chi connectivity index (χ1v) is 6.75. The first-order chi connectivity index (χ1) is 9.56. The van der Waals surface area contributed by atoms with Crippen LogP contribution >= 0.6 is 0 Å². The third-order valence-electron chi connectivity index (χ3n) is 3.58. The summed E-state index contributed by atoms with van der Waals surface area (Å²) >= 11 is 0. The van der Waals surface area contributed by atoms with Crippen LogP contribution in [0.2, 0.25) is 0 Å². The molecule has 0 aromatic heterocycles. The van der Waals surface area contributed by atoms with Crippen LogP contribution in [0.15, 0.2) is 24.3 Å². The number of benzene rings is 1. The second-order valence-electron chi connectivity index (χ2n) is 5.16. The van der Waals surface area contributed by atoms with Gasteiger partial charge in [-0.3, -0.25) is 19.8 Å². The van der Waals surface area contributed by atoms with Gasteiger partial charge in [0.25, 0.3) is 5.69 Å². The molecule has 6 nitrogen and oxygen atoms in total. The smallest absolute Gasteiger partial charge is 0.269 e. The lowest BCUT2D eigenvalue weighted by Crippen LogP contribution is -2.33. The van der Waals surface area contributed by atoms with E-state index in [1.807, 2.05) is 0 Å². The Bertz CT molecular complexity index is 487. The van der Waals surface area contributed by atoms with Crippen molar-refractivity contribution >= 4 is 11.5 Å². The Morgan fingerprint density at radius 3 is 2.55 bits per heavy atom. The van der Waals surface area contributed by atoms with Crippen LogP contribution in [-0.2, 0) is 0 Å². The average Bonchev–Trinajstić information content (AvgIpc) is 2.64. The number of rotatable bonds is 4. The minimum atomic E-state index is -0.459. The molecule has 0 aliphatic carbocycles. The van der Waals surface area contributed by atoms with Crippen molar-refractivity contribution in [3.05, 3.63) is 39.9 Å². The molecule has 2 rings (SSSR count). The zero-order chi connectivity index (χ0) is 14.5. The van der Waals surface area contributed by atoms with E-state index in [0.29, 0.717) is 12.1 Å². The monoisotopic (exact) mass is 277 g/mol. The predicted molar refractivity (Wildman–Crippen MR) is 76.0 cm³/mol. The summed E-state index contributed by atoms with van der Waals surface area (Å²) in [6.45, 7) is 4.21. The SMILES string of the molecule is CN1CCCN(CC(=O)c2ccc([N+](=O)[O-])cc2)CC1. The zero-order valence-electron chi connectivity index (χ0n) is 11.6. The number of hydrogen-bond acceptors (Lipinski definition) is 5. The van der Waals surface area contributed by atoms with Gasteiger partial charge in [0, 0.05) is 30.8 Å². The summed E-state index contributed by atoms with van der Waals surface area (Å²) in [5, 5.41) is 10.6. The van der Waals surface area contributed by atoms with E-state index in [1.54, 1.807) is 0 Å². The molecule has 20 heavy (non-hydrogen) atoms. The van der Waals surface area contributed by atoms with E-state index in [4.69, 9.17) is 0 Å². The molecule has 1 saturated heterocycles. The molecule has 1 aromatic rings. The van der Waals surface area contributed by atoms with Crippen LogP contribution in [-0.4, -0.2) is 60.3 Å². The summed E-state index contributed by atoms with van der Waals surface area (Å²) in [5.74, 6) is 0.0180. The molecule has 1 aliphatic heterocycles. The summed E-state index contributed by atoms with van der Waals surface area (Å²) in [5.41, 5.74) is 0.547. The Hall–Kier alpha value is -1.79. The van der Waals surface area contributed by atoms with Crippen LogP contribution in [0.3, 0.4) is 0 Å². The highest BCUT2D eigenvalue weighted by Gasteiger charge is 2.16. The van der Waals surface area contributed by atoms with Gasteiger partial charge in [-0.15, -0.1) is 0 Å². The Morgan fingerprint density at radius 2 is 1.90 bits per heavy atom. The van der Waals surface area contributed by atoms with Gasteiger partial charge in [-0.05, 0) is 38.7 Å². The van der Waals surface area contributed by atoms with Gasteiger partial charge in [0.05, 0.1) is 11.5 Å². The summed E-state index contributed by atoms with van der Waals surface area (Å²) in [7, 11) is 2.08. The number of hydrogen-bond donors (Lipinski definition) is 0. The van der Waals surface area contributed by atoms with Crippen molar-refractivity contribution < 1.29 is 9.72 Å². The van der Waals surface area contributed by atoms with Crippen LogP contribution < -0.4 is 0 Å². The molecule has 1 fully saturated rings. The molecule has 1 aliphatic rings. The lowest BCUT2D eigenvalue weighted by Gasteiger charge is -2.19. The molecule has 108 valence electrons. The first-order valence-electron chi connectivity index (χ1n) is 6.75. The molecule has 0 saturated carbocycles. The number of carbonyl (C=O) groups excluding carboxylic acids is 1. The van der Waals surface area contributed by atoms with Crippen LogP contribution in [0.1, 0.15) is 16.8 Å². The molecule has 0 unspecified atom stereocenters. The number of likely N-dealkylation sites (N-methyl/N-ethyl adjacent to an activating group) is 1. The summed E-state index contributed by atoms with van der Waals surface area (Å²) in [4.78, 5) is 26.7. The lowest BCUT2D eigenvalue weighted by atomic mass is 10.1. The van der Waals surface area contributed by atoms with Gasteiger partial charge in [0.1, 0.15) is 0 Å². The summed E-state index contributed by atoms with van der Waals surface area (Å²) < 4.78 is 0. The number of carbonyl (C=O) groups is 1. The van der Waals surface area contributed by atoms with E-state index in [9.17, 15) is 14.9 Å². The van der Waals surface area contributed by atoms with E-state index < -0.39 is 4.92 Å². The molecule has 0 amide bonds. The van der Waals surface area contributed by atoms with Gasteiger partial charge in [-0.25, -0.2) is 0 Å². The van der Waals surface area contributed by atoms with E-state index in [-0.39, 0.29) is 11.5 Å². The predicted octanol–water partition coefficient (Wildman–Crippen LogP) is 1.41. The van der Waals surface area contributed by atoms with Crippen molar-refractivity contribution in [2.45, 2.75) is 6.42 Å². The summed E-state index contributed by atoms with van der Waals surface area (Å²) in [6, 6.07) is 5.82. The molecular weight excluding hydrogens is 258 g/mol. The van der Waals surface area contributed by atoms with Gasteiger partial charge >= 0.3 is 0 Å². The molecule has 1 heterocycles. The van der Waals surface area contributed by atoms with Crippen molar-refractivity contribution in [3.8, 4) is 0 Å². The molecule has 0 bridgehead atoms. The van der Waals surface area contributed by atoms with Crippen molar-refractivity contribution in [1.82, 2.24) is 9.80 Å². The highest BCUT2D eigenvalue weighted by atomic mass is 16.6. The molecule has 0 radical (unpaired) electrons. The van der Waals surface area contributed by atoms with E-state index in [0.717, 1.165) is 32.6 Å². The maximum atomic E-state index is 12.2. The van der Waals surface area contributed by atoms with E-state index in [1.165, 1.54) is 24.3 Å². The molecule has 0 spiro atoms. The normalized spacial score (nSPS) is 17.6. The van der Waals surface area contributed by atoms with Crippen molar-refractivity contribution in [2.75, 3.05) is 39.8 Å². The number of Topliss-reactive ketones (excluding diaryl/α,β-unsaturated/α-hetero) is 1. The largest absolute Gasteiger partial charge is 0.305 e. The van der Waals surface area contributed by atoms with Gasteiger partial charge < -0.3 is 4.90 Å². The second-order valence-corrected chi connectivity index (χ2v) is 5.16. The lowest BCUT2D eigenvalue weighted by molar-refractivity contribution is -0.384. The van der Waals surface area contributed by atoms with Crippen LogP contribution in [0.4, 0.5) is 5.69 Å². The average molecular weight is 277 g/mol. The Labute approximate surface area is 118 Å². The minimum absolute atomic E-state index is 0.0120. The van der Waals surface area contributed by atoms with E-state index in [2.05, 4.69) is 16.8 Å². The van der Waals surface area contributed by atoms with Gasteiger partial charge in [0.2, 0.25) is 0 Å². The quantitative estimate of drug-likeness (QED) is 0.473. The van der Waals surface area contributed by atoms with Gasteiger partial charge in [-0.1, -0.05) is 0 Å². The standard InChI is InChI=1S/C14H19N3O3/c1-15-7-2-8-16(10-9-15)11-14(18)12-3-5-13(6-4-12)17(19)20/h3-6H,2,7-11H2,1H3. The molecule has 0 N–H and O–H groups in total. The second kappa shape index (κ2) is 6.58. The number of non-ortho nitro benzene ring substituents is 1. The highest BCUT2D eigenvalue weighted by Crippen LogP contribution is 2.13. The van der Waals surface area contributed by atoms with Gasteiger partial charge in [0.15, 0.2) is 5.78 Å². The topological polar surface area (TPSA) is 66.7 Å². The maximum absolute atomic E-state index is 12.2. The summed E-state index contributed by atoms with van der Waals surface area (Å²) in [6.07, 6.45) is 1.06. The number of nitro groups is 1. The zero-order valence-corrected chi connectivity index (χ0v) is 11.6. The fourth-order valence-corrected chi connectivity index (χ4v) is 2.32. The third kappa shape index (κ3) is 3.85. The van der Waals surface area contributed by atoms with Crippen LogP contribution in [0.5, 0.6) is 0 Å². The fraction of sp³-hybridized carbons (Fsp3) is 0.500. The van der Waals surface area contributed by atoms with E-state index >= 15 is 0 Å². The van der Waals surface area contributed by atoms with Crippen LogP contribution in [0.25, 0.3) is 0 Å². The Morgan fingerprint density at radius 1 is 1.20 bits per heavy atom. The van der Waals surface area contributed by atoms with Gasteiger partial charge in [-0.2, -0.15) is 0 Å². The Balaban J connectivity index is 1.95. The van der Waals surface area contributed by atoms with Crippen LogP contribution in [0, 0.1) is 10.1 Å². The van der Waals surface area contributed by atoms with Crippen molar-refractivity contribution in [1.29, 1.82) is 0 Å². The highest BCUT2D eigenvalue weighted by molar-refractivity contribution is 5.97. The number of nitrogens with zero attached hydrogens (tertiary/aromatic N) is 3. The molecule has 0 atom stereocenters. The first kappa shape index (κ1) is 14.6. The maximum Gasteiger partial charge on any atom is 0.269 e. The van der Waals surface area contributed by atoms with Crippen molar-refractivity contribution in [3.63, 3.8) is 0 Å². The minimum Gasteiger partial charge on any atom is -0.305 e.